The van der Waals surface area contributed by atoms with Crippen molar-refractivity contribution < 1.29 is 4.52 Å². The lowest BCUT2D eigenvalue weighted by molar-refractivity contribution is 0.373. The average Bonchev–Trinajstić information content (AvgIpc) is 2.85. The van der Waals surface area contributed by atoms with Crippen LogP contribution in [-0.2, 0) is 6.54 Å². The molecule has 0 atom stereocenters. The molecule has 3 aromatic rings. The van der Waals surface area contributed by atoms with Crippen LogP contribution in [0.15, 0.2) is 34.9 Å². The Morgan fingerprint density at radius 3 is 2.82 bits per heavy atom. The molecule has 0 bridgehead atoms. The first kappa shape index (κ1) is 10.1. The second kappa shape index (κ2) is 3.73. The van der Waals surface area contributed by atoms with Crippen LogP contribution in [0.5, 0.6) is 0 Å². The van der Waals surface area contributed by atoms with Crippen molar-refractivity contribution in [1.82, 2.24) is 14.7 Å². The fourth-order valence-electron chi connectivity index (χ4n) is 2.04. The summed E-state index contributed by atoms with van der Waals surface area (Å²) in [5, 5.41) is 3.90. The van der Waals surface area contributed by atoms with Crippen LogP contribution < -0.4 is 0 Å². The zero-order chi connectivity index (χ0) is 11.8. The molecule has 0 saturated carbocycles. The van der Waals surface area contributed by atoms with Crippen LogP contribution in [0.25, 0.3) is 11.0 Å². The molecular formula is C13H13N3O. The van der Waals surface area contributed by atoms with Gasteiger partial charge in [0.05, 0.1) is 23.3 Å². The molecule has 0 fully saturated rings. The molecule has 4 heteroatoms. The van der Waals surface area contributed by atoms with Gasteiger partial charge in [0.2, 0.25) is 0 Å². The van der Waals surface area contributed by atoms with Gasteiger partial charge in [0.25, 0.3) is 0 Å². The topological polar surface area (TPSA) is 43.9 Å². The molecule has 17 heavy (non-hydrogen) atoms. The first-order valence-corrected chi connectivity index (χ1v) is 5.58. The summed E-state index contributed by atoms with van der Waals surface area (Å²) < 4.78 is 7.38. The summed E-state index contributed by atoms with van der Waals surface area (Å²) in [4.78, 5) is 4.52. The number of nitrogens with zero attached hydrogens (tertiary/aromatic N) is 3. The van der Waals surface area contributed by atoms with E-state index in [1.54, 1.807) is 0 Å². The summed E-state index contributed by atoms with van der Waals surface area (Å²) in [6.07, 6.45) is 0. The van der Waals surface area contributed by atoms with Gasteiger partial charge >= 0.3 is 0 Å². The molecule has 86 valence electrons. The number of fused-ring (bicyclic) bond motifs is 1. The SMILES string of the molecule is Cc1cc(Cn2c(C)nc3ccccc32)on1. The van der Waals surface area contributed by atoms with Crippen molar-refractivity contribution in [2.45, 2.75) is 20.4 Å². The van der Waals surface area contributed by atoms with Gasteiger partial charge in [-0.2, -0.15) is 0 Å². The molecule has 3 rings (SSSR count). The predicted molar refractivity (Wildman–Crippen MR) is 64.8 cm³/mol. The minimum atomic E-state index is 0.674. The smallest absolute Gasteiger partial charge is 0.156 e. The number of para-hydroxylation sites is 2. The number of imidazole rings is 1. The second-order valence-electron chi connectivity index (χ2n) is 4.17. The van der Waals surface area contributed by atoms with Crippen LogP contribution in [0.4, 0.5) is 0 Å². The van der Waals surface area contributed by atoms with E-state index >= 15 is 0 Å². The monoisotopic (exact) mass is 227 g/mol. The van der Waals surface area contributed by atoms with Crippen molar-refractivity contribution in [2.24, 2.45) is 0 Å². The van der Waals surface area contributed by atoms with Crippen LogP contribution in [0.3, 0.4) is 0 Å². The highest BCUT2D eigenvalue weighted by molar-refractivity contribution is 5.75. The quantitative estimate of drug-likeness (QED) is 0.676. The van der Waals surface area contributed by atoms with Crippen molar-refractivity contribution in [3.8, 4) is 0 Å². The van der Waals surface area contributed by atoms with Gasteiger partial charge in [-0.25, -0.2) is 4.98 Å². The van der Waals surface area contributed by atoms with E-state index < -0.39 is 0 Å². The molecule has 0 saturated heterocycles. The van der Waals surface area contributed by atoms with Gasteiger partial charge in [0.15, 0.2) is 5.76 Å². The Hall–Kier alpha value is -2.10. The Kier molecular flexibility index (Phi) is 2.21. The zero-order valence-electron chi connectivity index (χ0n) is 9.84. The fourth-order valence-corrected chi connectivity index (χ4v) is 2.04. The number of aryl methyl sites for hydroxylation is 2. The van der Waals surface area contributed by atoms with E-state index in [-0.39, 0.29) is 0 Å². The lowest BCUT2D eigenvalue weighted by atomic mass is 10.3. The van der Waals surface area contributed by atoms with E-state index in [4.69, 9.17) is 4.52 Å². The highest BCUT2D eigenvalue weighted by atomic mass is 16.5. The molecule has 2 aromatic heterocycles. The number of hydrogen-bond acceptors (Lipinski definition) is 3. The normalized spacial score (nSPS) is 11.2. The molecular weight excluding hydrogens is 214 g/mol. The van der Waals surface area contributed by atoms with Gasteiger partial charge in [-0.15, -0.1) is 0 Å². The molecule has 0 spiro atoms. The summed E-state index contributed by atoms with van der Waals surface area (Å²) in [6, 6.07) is 10.1. The maximum absolute atomic E-state index is 5.24. The molecule has 0 aliphatic rings. The minimum Gasteiger partial charge on any atom is -0.359 e. The highest BCUT2D eigenvalue weighted by Gasteiger charge is 2.09. The lowest BCUT2D eigenvalue weighted by Gasteiger charge is -2.02. The number of aromatic nitrogens is 3. The number of rotatable bonds is 2. The third-order valence-corrected chi connectivity index (χ3v) is 2.84. The Balaban J connectivity index is 2.08. The van der Waals surface area contributed by atoms with E-state index in [9.17, 15) is 0 Å². The average molecular weight is 227 g/mol. The third-order valence-electron chi connectivity index (χ3n) is 2.84. The van der Waals surface area contributed by atoms with Gasteiger partial charge in [-0.05, 0) is 26.0 Å². The maximum atomic E-state index is 5.24. The molecule has 0 aliphatic heterocycles. The molecule has 0 unspecified atom stereocenters. The fraction of sp³-hybridized carbons (Fsp3) is 0.231. The van der Waals surface area contributed by atoms with E-state index in [0.717, 1.165) is 28.3 Å². The van der Waals surface area contributed by atoms with E-state index in [0.29, 0.717) is 6.54 Å². The minimum absolute atomic E-state index is 0.674. The summed E-state index contributed by atoms with van der Waals surface area (Å²) in [5.41, 5.74) is 3.04. The van der Waals surface area contributed by atoms with Crippen LogP contribution >= 0.6 is 0 Å². The summed E-state index contributed by atoms with van der Waals surface area (Å²) in [7, 11) is 0. The highest BCUT2D eigenvalue weighted by Crippen LogP contribution is 2.17. The molecule has 0 aliphatic carbocycles. The standard InChI is InChI=1S/C13H13N3O/c1-9-7-11(17-15-9)8-16-10(2)14-12-5-3-4-6-13(12)16/h3-7H,8H2,1-2H3. The first-order valence-electron chi connectivity index (χ1n) is 5.58. The Labute approximate surface area is 98.9 Å². The van der Waals surface area contributed by atoms with Crippen LogP contribution in [0, 0.1) is 13.8 Å². The largest absolute Gasteiger partial charge is 0.359 e. The third kappa shape index (κ3) is 1.71. The summed E-state index contributed by atoms with van der Waals surface area (Å²) in [5.74, 6) is 1.84. The first-order chi connectivity index (χ1) is 8.24. The van der Waals surface area contributed by atoms with Crippen LogP contribution in [0.1, 0.15) is 17.3 Å². The van der Waals surface area contributed by atoms with Crippen molar-refractivity contribution in [3.05, 3.63) is 47.6 Å². The molecule has 4 nitrogen and oxygen atoms in total. The molecule has 0 amide bonds. The lowest BCUT2D eigenvalue weighted by Crippen LogP contribution is -2.00. The van der Waals surface area contributed by atoms with Crippen molar-refractivity contribution in [2.75, 3.05) is 0 Å². The van der Waals surface area contributed by atoms with E-state index in [1.165, 1.54) is 0 Å². The predicted octanol–water partition coefficient (Wildman–Crippen LogP) is 2.69. The molecule has 0 N–H and O–H groups in total. The van der Waals surface area contributed by atoms with Crippen molar-refractivity contribution >= 4 is 11.0 Å². The van der Waals surface area contributed by atoms with Crippen molar-refractivity contribution in [1.29, 1.82) is 0 Å². The van der Waals surface area contributed by atoms with Crippen LogP contribution in [-0.4, -0.2) is 14.7 Å². The number of benzene rings is 1. The van der Waals surface area contributed by atoms with Gasteiger partial charge < -0.3 is 9.09 Å². The number of hydrogen-bond donors (Lipinski definition) is 0. The zero-order valence-corrected chi connectivity index (χ0v) is 9.84. The Morgan fingerprint density at radius 2 is 2.06 bits per heavy atom. The van der Waals surface area contributed by atoms with Gasteiger partial charge in [-0.3, -0.25) is 0 Å². The molecule has 0 radical (unpaired) electrons. The summed E-state index contributed by atoms with van der Waals surface area (Å²) >= 11 is 0. The van der Waals surface area contributed by atoms with Crippen molar-refractivity contribution in [3.63, 3.8) is 0 Å². The van der Waals surface area contributed by atoms with E-state index in [1.807, 2.05) is 38.1 Å². The molecule has 1 aromatic carbocycles. The van der Waals surface area contributed by atoms with Gasteiger partial charge in [0.1, 0.15) is 5.82 Å². The van der Waals surface area contributed by atoms with Crippen LogP contribution in [0.2, 0.25) is 0 Å². The second-order valence-corrected chi connectivity index (χ2v) is 4.17. The van der Waals surface area contributed by atoms with E-state index in [2.05, 4.69) is 20.8 Å². The Bertz CT molecular complexity index is 666. The van der Waals surface area contributed by atoms with Gasteiger partial charge in [0, 0.05) is 6.07 Å². The van der Waals surface area contributed by atoms with Gasteiger partial charge in [-0.1, -0.05) is 17.3 Å². The summed E-state index contributed by atoms with van der Waals surface area (Å²) in [6.45, 7) is 4.60. The Morgan fingerprint density at radius 1 is 1.24 bits per heavy atom. The maximum Gasteiger partial charge on any atom is 0.156 e. The molecule has 2 heterocycles.